The van der Waals surface area contributed by atoms with Gasteiger partial charge in [-0.1, -0.05) is 18.1 Å². The Kier molecular flexibility index (Phi) is 8.30. The molecule has 1 amide bonds. The maximum atomic E-state index is 11.8. The molecule has 1 aromatic rings. The first-order valence-electron chi connectivity index (χ1n) is 9.20. The lowest BCUT2D eigenvalue weighted by Crippen LogP contribution is -2.54. The van der Waals surface area contributed by atoms with Crippen LogP contribution in [0.25, 0.3) is 0 Å². The smallest absolute Gasteiger partial charge is 0.409 e. The van der Waals surface area contributed by atoms with Crippen LogP contribution >= 0.6 is 0 Å². The molecule has 0 saturated carbocycles. The van der Waals surface area contributed by atoms with E-state index in [-0.39, 0.29) is 12.7 Å². The van der Waals surface area contributed by atoms with Gasteiger partial charge in [0.1, 0.15) is 12.4 Å². The van der Waals surface area contributed by atoms with Gasteiger partial charge in [0.2, 0.25) is 0 Å². The molecule has 0 radical (unpaired) electrons. The van der Waals surface area contributed by atoms with Crippen molar-refractivity contribution in [3.05, 3.63) is 29.8 Å². The Morgan fingerprint density at radius 3 is 2.48 bits per heavy atom. The molecule has 146 valence electrons. The zero-order valence-electron chi connectivity index (χ0n) is 16.1. The summed E-state index contributed by atoms with van der Waals surface area (Å²) in [5.74, 6) is 4.08. The summed E-state index contributed by atoms with van der Waals surface area (Å²) in [5.41, 5.74) is 1.21. The number of terminal acetylenes is 1. The average molecular weight is 372 g/mol. The minimum atomic E-state index is -0.241. The number of guanidine groups is 1. The molecule has 1 aromatic carbocycles. The van der Waals surface area contributed by atoms with Gasteiger partial charge >= 0.3 is 6.09 Å². The summed E-state index contributed by atoms with van der Waals surface area (Å²) >= 11 is 0. The zero-order valence-corrected chi connectivity index (χ0v) is 16.1. The lowest BCUT2D eigenvalue weighted by molar-refractivity contribution is 0.0915. The third kappa shape index (κ3) is 6.41. The van der Waals surface area contributed by atoms with Crippen LogP contribution in [0.3, 0.4) is 0 Å². The van der Waals surface area contributed by atoms with Crippen LogP contribution in [0.4, 0.5) is 4.79 Å². The topological polar surface area (TPSA) is 66.4 Å². The van der Waals surface area contributed by atoms with Gasteiger partial charge in [-0.05, 0) is 31.0 Å². The van der Waals surface area contributed by atoms with Crippen molar-refractivity contribution in [3.63, 3.8) is 0 Å². The highest BCUT2D eigenvalue weighted by molar-refractivity contribution is 5.80. The predicted octanol–water partition coefficient (Wildman–Crippen LogP) is 1.59. The van der Waals surface area contributed by atoms with Gasteiger partial charge in [0.25, 0.3) is 0 Å². The van der Waals surface area contributed by atoms with Crippen LogP contribution in [0.5, 0.6) is 5.75 Å². The second-order valence-electron chi connectivity index (χ2n) is 6.03. The molecule has 0 aromatic heterocycles. The van der Waals surface area contributed by atoms with Gasteiger partial charge in [-0.15, -0.1) is 6.42 Å². The Hall–Kier alpha value is -2.88. The van der Waals surface area contributed by atoms with Crippen LogP contribution < -0.4 is 10.1 Å². The van der Waals surface area contributed by atoms with E-state index >= 15 is 0 Å². The number of aliphatic imine (C=N–C) groups is 1. The van der Waals surface area contributed by atoms with E-state index in [1.165, 1.54) is 5.56 Å². The molecule has 1 heterocycles. The van der Waals surface area contributed by atoms with Crippen molar-refractivity contribution in [1.82, 2.24) is 15.1 Å². The molecule has 0 atom stereocenters. The lowest BCUT2D eigenvalue weighted by atomic mass is 10.1. The monoisotopic (exact) mass is 372 g/mol. The van der Waals surface area contributed by atoms with Gasteiger partial charge < -0.3 is 24.6 Å². The molecule has 1 fully saturated rings. The van der Waals surface area contributed by atoms with E-state index < -0.39 is 0 Å². The van der Waals surface area contributed by atoms with Gasteiger partial charge in [-0.25, -0.2) is 4.79 Å². The molecule has 2 rings (SSSR count). The van der Waals surface area contributed by atoms with Gasteiger partial charge in [0.15, 0.2) is 5.96 Å². The number of ether oxygens (including phenoxy) is 2. The highest BCUT2D eigenvalue weighted by Gasteiger charge is 2.23. The third-order valence-corrected chi connectivity index (χ3v) is 4.26. The van der Waals surface area contributed by atoms with Crippen molar-refractivity contribution in [1.29, 1.82) is 0 Å². The minimum absolute atomic E-state index is 0.241. The third-order valence-electron chi connectivity index (χ3n) is 4.26. The number of benzene rings is 1. The average Bonchev–Trinajstić information content (AvgIpc) is 2.71. The molecule has 0 aliphatic carbocycles. The first kappa shape index (κ1) is 20.4. The highest BCUT2D eigenvalue weighted by Crippen LogP contribution is 2.12. The fourth-order valence-corrected chi connectivity index (χ4v) is 2.84. The molecule has 0 unspecified atom stereocenters. The number of rotatable bonds is 6. The Morgan fingerprint density at radius 1 is 1.22 bits per heavy atom. The summed E-state index contributed by atoms with van der Waals surface area (Å²) < 4.78 is 10.4. The predicted molar refractivity (Wildman–Crippen MR) is 106 cm³/mol. The molecule has 1 N–H and O–H groups in total. The number of hydrogen-bond acceptors (Lipinski definition) is 4. The van der Waals surface area contributed by atoms with E-state index in [4.69, 9.17) is 15.9 Å². The standard InChI is InChI=1S/C20H28N4O3/c1-4-16-27-18-8-6-17(7-9-18)10-11-22-19(21-3)23-12-14-24(15-13-23)20(25)26-5-2/h1,6-9H,5,10-16H2,2-3H3,(H,21,22). The Morgan fingerprint density at radius 2 is 1.89 bits per heavy atom. The summed E-state index contributed by atoms with van der Waals surface area (Å²) in [6, 6.07) is 7.93. The van der Waals surface area contributed by atoms with Crippen molar-refractivity contribution >= 4 is 12.1 Å². The molecule has 0 bridgehead atoms. The van der Waals surface area contributed by atoms with Gasteiger partial charge in [0, 0.05) is 39.8 Å². The van der Waals surface area contributed by atoms with Crippen molar-refractivity contribution in [2.45, 2.75) is 13.3 Å². The molecular weight excluding hydrogens is 344 g/mol. The van der Waals surface area contributed by atoms with E-state index in [9.17, 15) is 4.79 Å². The molecule has 7 heteroatoms. The van der Waals surface area contributed by atoms with Crippen LogP contribution in [0.2, 0.25) is 0 Å². The summed E-state index contributed by atoms with van der Waals surface area (Å²) in [6.45, 7) is 6.02. The Balaban J connectivity index is 1.74. The number of nitrogens with one attached hydrogen (secondary N) is 1. The summed E-state index contributed by atoms with van der Waals surface area (Å²) in [4.78, 5) is 20.0. The molecule has 7 nitrogen and oxygen atoms in total. The molecule has 1 aliphatic heterocycles. The Bertz CT molecular complexity index is 659. The fraction of sp³-hybridized carbons (Fsp3) is 0.500. The first-order valence-corrected chi connectivity index (χ1v) is 9.20. The normalized spacial score (nSPS) is 14.5. The number of nitrogens with zero attached hydrogens (tertiary/aromatic N) is 3. The molecule has 1 saturated heterocycles. The largest absolute Gasteiger partial charge is 0.481 e. The fourth-order valence-electron chi connectivity index (χ4n) is 2.84. The number of hydrogen-bond donors (Lipinski definition) is 1. The minimum Gasteiger partial charge on any atom is -0.481 e. The van der Waals surface area contributed by atoms with Crippen LogP contribution in [0, 0.1) is 12.3 Å². The van der Waals surface area contributed by atoms with Crippen LogP contribution in [-0.4, -0.2) is 74.8 Å². The summed E-state index contributed by atoms with van der Waals surface area (Å²) in [6.07, 6.45) is 5.82. The number of piperazine rings is 1. The van der Waals surface area contributed by atoms with Gasteiger partial charge in [-0.3, -0.25) is 4.99 Å². The number of carbonyl (C=O) groups excluding carboxylic acids is 1. The van der Waals surface area contributed by atoms with Crippen molar-refractivity contribution < 1.29 is 14.3 Å². The van der Waals surface area contributed by atoms with Gasteiger partial charge in [0.05, 0.1) is 6.61 Å². The van der Waals surface area contributed by atoms with Crippen molar-refractivity contribution in [2.24, 2.45) is 4.99 Å². The summed E-state index contributed by atoms with van der Waals surface area (Å²) in [5, 5.41) is 3.39. The van der Waals surface area contributed by atoms with Crippen LogP contribution in [-0.2, 0) is 11.2 Å². The molecule has 1 aliphatic rings. The molecule has 27 heavy (non-hydrogen) atoms. The summed E-state index contributed by atoms with van der Waals surface area (Å²) in [7, 11) is 1.78. The second-order valence-corrected chi connectivity index (χ2v) is 6.03. The quantitative estimate of drug-likeness (QED) is 0.467. The van der Waals surface area contributed by atoms with E-state index in [2.05, 4.69) is 21.1 Å². The van der Waals surface area contributed by atoms with Crippen LogP contribution in [0.1, 0.15) is 12.5 Å². The van der Waals surface area contributed by atoms with E-state index in [1.807, 2.05) is 31.2 Å². The van der Waals surface area contributed by atoms with Crippen molar-refractivity contribution in [3.8, 4) is 18.1 Å². The second kappa shape index (κ2) is 11.0. The van der Waals surface area contributed by atoms with E-state index in [1.54, 1.807) is 11.9 Å². The Labute approximate surface area is 161 Å². The molecular formula is C20H28N4O3. The number of carbonyl (C=O) groups is 1. The SMILES string of the molecule is C#CCOc1ccc(CCNC(=NC)N2CCN(C(=O)OCC)CC2)cc1. The zero-order chi connectivity index (χ0) is 19.5. The maximum Gasteiger partial charge on any atom is 0.409 e. The molecule has 0 spiro atoms. The van der Waals surface area contributed by atoms with E-state index in [0.717, 1.165) is 37.8 Å². The van der Waals surface area contributed by atoms with Crippen LogP contribution in [0.15, 0.2) is 29.3 Å². The van der Waals surface area contributed by atoms with E-state index in [0.29, 0.717) is 19.7 Å². The van der Waals surface area contributed by atoms with Gasteiger partial charge in [-0.2, -0.15) is 0 Å². The highest BCUT2D eigenvalue weighted by atomic mass is 16.6. The first-order chi connectivity index (χ1) is 13.2. The number of amides is 1. The maximum absolute atomic E-state index is 11.8. The lowest BCUT2D eigenvalue weighted by Gasteiger charge is -2.35. The van der Waals surface area contributed by atoms with Crippen molar-refractivity contribution in [2.75, 3.05) is 53.0 Å².